The zero-order valence-corrected chi connectivity index (χ0v) is 11.4. The summed E-state index contributed by atoms with van der Waals surface area (Å²) in [6.45, 7) is 4.13. The van der Waals surface area contributed by atoms with Gasteiger partial charge in [-0.05, 0) is 24.7 Å². The van der Waals surface area contributed by atoms with Crippen molar-refractivity contribution in [3.8, 4) is 0 Å². The molecule has 2 fully saturated rings. The van der Waals surface area contributed by atoms with Crippen LogP contribution in [0.3, 0.4) is 0 Å². The minimum absolute atomic E-state index is 0.00946. The van der Waals surface area contributed by atoms with Crippen LogP contribution < -0.4 is 0 Å². The third-order valence-corrected chi connectivity index (χ3v) is 4.70. The van der Waals surface area contributed by atoms with Crippen LogP contribution in [0.4, 0.5) is 0 Å². The standard InChI is InChI=1S/C15H20O4/c1-15(2)7-13(16)19-12(15)8-18-14(17)11-6-9-3-4-10(11)5-9/h3-4,9-12H,5-8H2,1-2H3. The third-order valence-electron chi connectivity index (χ3n) is 4.70. The maximum atomic E-state index is 12.1. The van der Waals surface area contributed by atoms with Crippen LogP contribution in [0.25, 0.3) is 0 Å². The summed E-state index contributed by atoms with van der Waals surface area (Å²) < 4.78 is 10.6. The number of ether oxygens (including phenoxy) is 2. The van der Waals surface area contributed by atoms with Crippen LogP contribution >= 0.6 is 0 Å². The molecule has 0 aromatic rings. The van der Waals surface area contributed by atoms with Gasteiger partial charge in [-0.1, -0.05) is 26.0 Å². The summed E-state index contributed by atoms with van der Waals surface area (Å²) in [5.74, 6) is 0.597. The predicted octanol–water partition coefficient (Wildman–Crippen LogP) is 2.08. The molecule has 0 aromatic heterocycles. The van der Waals surface area contributed by atoms with Gasteiger partial charge < -0.3 is 9.47 Å². The highest BCUT2D eigenvalue weighted by Crippen LogP contribution is 2.44. The van der Waals surface area contributed by atoms with Gasteiger partial charge in [0.1, 0.15) is 12.7 Å². The second-order valence-corrected chi connectivity index (χ2v) is 6.66. The van der Waals surface area contributed by atoms with Gasteiger partial charge in [0.15, 0.2) is 0 Å². The van der Waals surface area contributed by atoms with Crippen molar-refractivity contribution >= 4 is 11.9 Å². The second-order valence-electron chi connectivity index (χ2n) is 6.66. The number of carbonyl (C=O) groups is 2. The SMILES string of the molecule is CC1(C)CC(=O)OC1COC(=O)C1CC2C=CC1C2. The largest absolute Gasteiger partial charge is 0.461 e. The van der Waals surface area contributed by atoms with Gasteiger partial charge >= 0.3 is 11.9 Å². The van der Waals surface area contributed by atoms with E-state index >= 15 is 0 Å². The second kappa shape index (κ2) is 4.36. The van der Waals surface area contributed by atoms with Gasteiger partial charge in [-0.25, -0.2) is 0 Å². The van der Waals surface area contributed by atoms with Crippen LogP contribution in [-0.4, -0.2) is 24.6 Å². The van der Waals surface area contributed by atoms with Crippen LogP contribution in [0, 0.1) is 23.2 Å². The molecule has 4 nitrogen and oxygen atoms in total. The van der Waals surface area contributed by atoms with Gasteiger partial charge in [0, 0.05) is 5.41 Å². The number of rotatable bonds is 3. The Morgan fingerprint density at radius 1 is 1.42 bits per heavy atom. The van der Waals surface area contributed by atoms with E-state index < -0.39 is 0 Å². The van der Waals surface area contributed by atoms with E-state index in [1.54, 1.807) is 0 Å². The Labute approximate surface area is 113 Å². The first kappa shape index (κ1) is 12.7. The third kappa shape index (κ3) is 2.28. The van der Waals surface area contributed by atoms with E-state index in [1.807, 2.05) is 13.8 Å². The van der Waals surface area contributed by atoms with Crippen molar-refractivity contribution < 1.29 is 19.1 Å². The number of allylic oxidation sites excluding steroid dienone is 2. The zero-order chi connectivity index (χ0) is 13.6. The molecule has 3 rings (SSSR count). The summed E-state index contributed by atoms with van der Waals surface area (Å²) in [6, 6.07) is 0. The van der Waals surface area contributed by atoms with Crippen LogP contribution in [0.15, 0.2) is 12.2 Å². The molecule has 2 bridgehead atoms. The van der Waals surface area contributed by atoms with Gasteiger partial charge in [0.25, 0.3) is 0 Å². The molecular weight excluding hydrogens is 244 g/mol. The van der Waals surface area contributed by atoms with Crippen molar-refractivity contribution in [2.45, 2.75) is 39.2 Å². The topological polar surface area (TPSA) is 52.6 Å². The molecule has 1 saturated heterocycles. The molecule has 0 amide bonds. The fourth-order valence-electron chi connectivity index (χ4n) is 3.42. The lowest BCUT2D eigenvalue weighted by atomic mass is 9.86. The molecule has 4 unspecified atom stereocenters. The molecule has 0 radical (unpaired) electrons. The first-order valence-electron chi connectivity index (χ1n) is 7.00. The molecule has 104 valence electrons. The molecule has 4 atom stereocenters. The smallest absolute Gasteiger partial charge is 0.309 e. The molecule has 3 aliphatic rings. The molecule has 0 spiro atoms. The van der Waals surface area contributed by atoms with E-state index in [9.17, 15) is 9.59 Å². The lowest BCUT2D eigenvalue weighted by Crippen LogP contribution is -2.32. The van der Waals surface area contributed by atoms with Crippen molar-refractivity contribution in [3.05, 3.63) is 12.2 Å². The molecule has 2 aliphatic carbocycles. The highest BCUT2D eigenvalue weighted by molar-refractivity contribution is 5.75. The minimum atomic E-state index is -0.307. The van der Waals surface area contributed by atoms with Crippen LogP contribution in [0.5, 0.6) is 0 Å². The first-order chi connectivity index (χ1) is 8.95. The number of hydrogen-bond acceptors (Lipinski definition) is 4. The molecule has 0 N–H and O–H groups in total. The molecule has 0 aromatic carbocycles. The fraction of sp³-hybridized carbons (Fsp3) is 0.733. The predicted molar refractivity (Wildman–Crippen MR) is 68.1 cm³/mol. The van der Waals surface area contributed by atoms with E-state index in [0.717, 1.165) is 12.8 Å². The Morgan fingerprint density at radius 2 is 2.21 bits per heavy atom. The summed E-state index contributed by atoms with van der Waals surface area (Å²) in [4.78, 5) is 23.4. The highest BCUT2D eigenvalue weighted by Gasteiger charge is 2.44. The van der Waals surface area contributed by atoms with E-state index in [2.05, 4.69) is 12.2 Å². The van der Waals surface area contributed by atoms with Gasteiger partial charge in [0.05, 0.1) is 12.3 Å². The van der Waals surface area contributed by atoms with Crippen LogP contribution in [-0.2, 0) is 19.1 Å². The minimum Gasteiger partial charge on any atom is -0.461 e. The lowest BCUT2D eigenvalue weighted by molar-refractivity contribution is -0.158. The summed E-state index contributed by atoms with van der Waals surface area (Å²) in [7, 11) is 0. The fourth-order valence-corrected chi connectivity index (χ4v) is 3.42. The normalized spacial score (nSPS) is 38.5. The molecule has 19 heavy (non-hydrogen) atoms. The van der Waals surface area contributed by atoms with Gasteiger partial charge in [-0.2, -0.15) is 0 Å². The monoisotopic (exact) mass is 264 g/mol. The molecule has 1 aliphatic heterocycles. The maximum Gasteiger partial charge on any atom is 0.309 e. The average molecular weight is 264 g/mol. The quantitative estimate of drug-likeness (QED) is 0.578. The summed E-state index contributed by atoms with van der Waals surface area (Å²) in [5.41, 5.74) is -0.244. The van der Waals surface area contributed by atoms with Crippen molar-refractivity contribution in [2.75, 3.05) is 6.61 Å². The van der Waals surface area contributed by atoms with Crippen molar-refractivity contribution in [3.63, 3.8) is 0 Å². The highest BCUT2D eigenvalue weighted by atomic mass is 16.6. The van der Waals surface area contributed by atoms with Gasteiger partial charge in [0.2, 0.25) is 0 Å². The summed E-state index contributed by atoms with van der Waals surface area (Å²) in [5, 5.41) is 0. The van der Waals surface area contributed by atoms with E-state index in [0.29, 0.717) is 18.3 Å². The Kier molecular flexibility index (Phi) is 2.91. The Hall–Kier alpha value is -1.32. The Bertz CT molecular complexity index is 437. The van der Waals surface area contributed by atoms with Crippen molar-refractivity contribution in [1.82, 2.24) is 0 Å². The number of cyclic esters (lactones) is 1. The number of fused-ring (bicyclic) bond motifs is 2. The Balaban J connectivity index is 1.54. The van der Waals surface area contributed by atoms with E-state index in [4.69, 9.17) is 9.47 Å². The average Bonchev–Trinajstić information content (AvgIpc) is 3.00. The van der Waals surface area contributed by atoms with Crippen LogP contribution in [0.1, 0.15) is 33.1 Å². The number of esters is 2. The first-order valence-corrected chi connectivity index (χ1v) is 7.00. The number of carbonyl (C=O) groups excluding carboxylic acids is 2. The zero-order valence-electron chi connectivity index (χ0n) is 11.4. The molecule has 1 heterocycles. The van der Waals surface area contributed by atoms with Crippen molar-refractivity contribution in [2.24, 2.45) is 23.2 Å². The maximum absolute atomic E-state index is 12.1. The number of hydrogen-bond donors (Lipinski definition) is 0. The van der Waals surface area contributed by atoms with Gasteiger partial charge in [-0.15, -0.1) is 0 Å². The lowest BCUT2D eigenvalue weighted by Gasteiger charge is -2.24. The summed E-state index contributed by atoms with van der Waals surface area (Å²) in [6.07, 6.45) is 6.43. The summed E-state index contributed by atoms with van der Waals surface area (Å²) >= 11 is 0. The molecule has 1 saturated carbocycles. The van der Waals surface area contributed by atoms with Crippen LogP contribution in [0.2, 0.25) is 0 Å². The van der Waals surface area contributed by atoms with E-state index in [-0.39, 0.29) is 36.0 Å². The Morgan fingerprint density at radius 3 is 2.74 bits per heavy atom. The molecular formula is C15H20O4. The van der Waals surface area contributed by atoms with Gasteiger partial charge in [-0.3, -0.25) is 9.59 Å². The van der Waals surface area contributed by atoms with Crippen molar-refractivity contribution in [1.29, 1.82) is 0 Å². The molecule has 4 heteroatoms. The van der Waals surface area contributed by atoms with E-state index in [1.165, 1.54) is 0 Å².